The monoisotopic (exact) mass is 255 g/mol. The van der Waals surface area contributed by atoms with E-state index in [9.17, 15) is 0 Å². The van der Waals surface area contributed by atoms with Gasteiger partial charge in [0.25, 0.3) is 0 Å². The second kappa shape index (κ2) is 6.39. The molecule has 2 heteroatoms. The molecule has 0 bridgehead atoms. The first-order valence-corrected chi connectivity index (χ1v) is 6.62. The van der Waals surface area contributed by atoms with Gasteiger partial charge in [-0.1, -0.05) is 48.0 Å². The minimum atomic E-state index is 0.262. The Morgan fingerprint density at radius 2 is 1.74 bits per heavy atom. The SMILES string of the molecule is COc1ccccc1[C@H](C)NCc1ccc(C)cc1. The van der Waals surface area contributed by atoms with Crippen LogP contribution in [-0.2, 0) is 6.54 Å². The Hall–Kier alpha value is -1.80. The van der Waals surface area contributed by atoms with Crippen LogP contribution in [0.15, 0.2) is 48.5 Å². The maximum atomic E-state index is 5.39. The summed E-state index contributed by atoms with van der Waals surface area (Å²) in [5.41, 5.74) is 3.78. The maximum absolute atomic E-state index is 5.39. The number of hydrogen-bond acceptors (Lipinski definition) is 2. The molecule has 0 aliphatic heterocycles. The second-order valence-corrected chi connectivity index (χ2v) is 4.83. The number of nitrogens with one attached hydrogen (secondary N) is 1. The summed E-state index contributed by atoms with van der Waals surface area (Å²) >= 11 is 0. The Morgan fingerprint density at radius 3 is 2.42 bits per heavy atom. The molecule has 100 valence electrons. The van der Waals surface area contributed by atoms with E-state index in [0.717, 1.165) is 12.3 Å². The van der Waals surface area contributed by atoms with Gasteiger partial charge in [-0.25, -0.2) is 0 Å². The molecule has 0 saturated carbocycles. The first kappa shape index (κ1) is 13.6. The van der Waals surface area contributed by atoms with Crippen molar-refractivity contribution in [1.29, 1.82) is 0 Å². The number of benzene rings is 2. The molecule has 2 rings (SSSR count). The van der Waals surface area contributed by atoms with Gasteiger partial charge in [0.1, 0.15) is 5.75 Å². The molecule has 0 radical (unpaired) electrons. The van der Waals surface area contributed by atoms with Gasteiger partial charge in [0.05, 0.1) is 7.11 Å². The summed E-state index contributed by atoms with van der Waals surface area (Å²) < 4.78 is 5.39. The van der Waals surface area contributed by atoms with Crippen molar-refractivity contribution in [2.45, 2.75) is 26.4 Å². The molecule has 0 saturated heterocycles. The van der Waals surface area contributed by atoms with E-state index >= 15 is 0 Å². The molecule has 0 fully saturated rings. The maximum Gasteiger partial charge on any atom is 0.123 e. The summed E-state index contributed by atoms with van der Waals surface area (Å²) in [5.74, 6) is 0.936. The quantitative estimate of drug-likeness (QED) is 0.876. The van der Waals surface area contributed by atoms with E-state index in [1.54, 1.807) is 7.11 Å². The lowest BCUT2D eigenvalue weighted by molar-refractivity contribution is 0.401. The fraction of sp³-hybridized carbons (Fsp3) is 0.294. The van der Waals surface area contributed by atoms with Gasteiger partial charge in [-0.05, 0) is 25.5 Å². The summed E-state index contributed by atoms with van der Waals surface area (Å²) in [4.78, 5) is 0. The number of aryl methyl sites for hydroxylation is 1. The van der Waals surface area contributed by atoms with Crippen molar-refractivity contribution in [3.05, 3.63) is 65.2 Å². The van der Waals surface area contributed by atoms with Gasteiger partial charge in [0.2, 0.25) is 0 Å². The van der Waals surface area contributed by atoms with Gasteiger partial charge >= 0.3 is 0 Å². The topological polar surface area (TPSA) is 21.3 Å². The van der Waals surface area contributed by atoms with Crippen LogP contribution in [-0.4, -0.2) is 7.11 Å². The largest absolute Gasteiger partial charge is 0.496 e. The van der Waals surface area contributed by atoms with Crippen LogP contribution in [0.4, 0.5) is 0 Å². The Balaban J connectivity index is 2.01. The van der Waals surface area contributed by atoms with E-state index < -0.39 is 0 Å². The number of rotatable bonds is 5. The van der Waals surface area contributed by atoms with Crippen molar-refractivity contribution in [3.63, 3.8) is 0 Å². The van der Waals surface area contributed by atoms with Gasteiger partial charge in [-0.2, -0.15) is 0 Å². The summed E-state index contributed by atoms with van der Waals surface area (Å²) in [6.45, 7) is 5.13. The molecule has 0 unspecified atom stereocenters. The van der Waals surface area contributed by atoms with Crippen LogP contribution in [0.25, 0.3) is 0 Å². The summed E-state index contributed by atoms with van der Waals surface area (Å²) in [5, 5.41) is 3.53. The van der Waals surface area contributed by atoms with Crippen molar-refractivity contribution < 1.29 is 4.74 Å². The van der Waals surface area contributed by atoms with Crippen molar-refractivity contribution in [3.8, 4) is 5.75 Å². The summed E-state index contributed by atoms with van der Waals surface area (Å²) in [6.07, 6.45) is 0. The third-order valence-corrected chi connectivity index (χ3v) is 3.34. The first-order chi connectivity index (χ1) is 9.20. The minimum absolute atomic E-state index is 0.262. The lowest BCUT2D eigenvalue weighted by Crippen LogP contribution is -2.18. The molecule has 0 aromatic heterocycles. The predicted octanol–water partition coefficient (Wildman–Crippen LogP) is 3.85. The van der Waals surface area contributed by atoms with E-state index in [2.05, 4.69) is 49.5 Å². The number of methoxy groups -OCH3 is 1. The smallest absolute Gasteiger partial charge is 0.123 e. The Bertz CT molecular complexity index is 519. The van der Waals surface area contributed by atoms with Crippen LogP contribution in [0.5, 0.6) is 5.75 Å². The minimum Gasteiger partial charge on any atom is -0.496 e. The fourth-order valence-electron chi connectivity index (χ4n) is 2.11. The highest BCUT2D eigenvalue weighted by Gasteiger charge is 2.09. The van der Waals surface area contributed by atoms with Crippen LogP contribution < -0.4 is 10.1 Å². The molecule has 0 amide bonds. The van der Waals surface area contributed by atoms with E-state index in [0.29, 0.717) is 0 Å². The van der Waals surface area contributed by atoms with Crippen LogP contribution >= 0.6 is 0 Å². The molecule has 2 nitrogen and oxygen atoms in total. The zero-order valence-electron chi connectivity index (χ0n) is 11.8. The lowest BCUT2D eigenvalue weighted by Gasteiger charge is -2.17. The highest BCUT2D eigenvalue weighted by atomic mass is 16.5. The van der Waals surface area contributed by atoms with Crippen LogP contribution in [0, 0.1) is 6.92 Å². The molecule has 2 aromatic carbocycles. The molecule has 0 aliphatic rings. The van der Waals surface area contributed by atoms with E-state index in [1.165, 1.54) is 16.7 Å². The Labute approximate surface area is 115 Å². The van der Waals surface area contributed by atoms with Crippen LogP contribution in [0.2, 0.25) is 0 Å². The standard InChI is InChI=1S/C17H21NO/c1-13-8-10-15(11-9-13)12-18-14(2)16-6-4-5-7-17(16)19-3/h4-11,14,18H,12H2,1-3H3/t14-/m0/s1. The highest BCUT2D eigenvalue weighted by Crippen LogP contribution is 2.24. The van der Waals surface area contributed by atoms with Crippen molar-refractivity contribution in [2.75, 3.05) is 7.11 Å². The summed E-state index contributed by atoms with van der Waals surface area (Å²) in [7, 11) is 1.71. The summed E-state index contributed by atoms with van der Waals surface area (Å²) in [6, 6.07) is 17.0. The van der Waals surface area contributed by atoms with Gasteiger partial charge in [-0.15, -0.1) is 0 Å². The Morgan fingerprint density at radius 1 is 1.05 bits per heavy atom. The molecule has 1 atom stereocenters. The van der Waals surface area contributed by atoms with Gasteiger partial charge in [-0.3, -0.25) is 0 Å². The lowest BCUT2D eigenvalue weighted by atomic mass is 10.1. The third kappa shape index (κ3) is 3.58. The highest BCUT2D eigenvalue weighted by molar-refractivity contribution is 5.35. The average Bonchev–Trinajstić information content (AvgIpc) is 2.46. The molecule has 0 aliphatic carbocycles. The van der Waals surface area contributed by atoms with Gasteiger partial charge in [0.15, 0.2) is 0 Å². The molecular formula is C17H21NO. The van der Waals surface area contributed by atoms with Crippen molar-refractivity contribution in [2.24, 2.45) is 0 Å². The average molecular weight is 255 g/mol. The van der Waals surface area contributed by atoms with Crippen molar-refractivity contribution in [1.82, 2.24) is 5.32 Å². The van der Waals surface area contributed by atoms with Crippen LogP contribution in [0.1, 0.15) is 29.7 Å². The van der Waals surface area contributed by atoms with E-state index in [1.807, 2.05) is 18.2 Å². The molecule has 2 aromatic rings. The number of para-hydroxylation sites is 1. The molecule has 0 spiro atoms. The van der Waals surface area contributed by atoms with E-state index in [-0.39, 0.29) is 6.04 Å². The third-order valence-electron chi connectivity index (χ3n) is 3.34. The van der Waals surface area contributed by atoms with E-state index in [4.69, 9.17) is 4.74 Å². The molecule has 1 N–H and O–H groups in total. The molecule has 19 heavy (non-hydrogen) atoms. The van der Waals surface area contributed by atoms with Crippen LogP contribution in [0.3, 0.4) is 0 Å². The normalized spacial score (nSPS) is 12.2. The molecular weight excluding hydrogens is 234 g/mol. The molecule has 0 heterocycles. The zero-order valence-corrected chi connectivity index (χ0v) is 11.8. The Kier molecular flexibility index (Phi) is 4.58. The van der Waals surface area contributed by atoms with Gasteiger partial charge < -0.3 is 10.1 Å². The fourth-order valence-corrected chi connectivity index (χ4v) is 2.11. The second-order valence-electron chi connectivity index (χ2n) is 4.83. The zero-order chi connectivity index (χ0) is 13.7. The first-order valence-electron chi connectivity index (χ1n) is 6.62. The predicted molar refractivity (Wildman–Crippen MR) is 79.4 cm³/mol. The van der Waals surface area contributed by atoms with Crippen molar-refractivity contribution >= 4 is 0 Å². The number of ether oxygens (including phenoxy) is 1. The van der Waals surface area contributed by atoms with Gasteiger partial charge in [0, 0.05) is 18.2 Å². The number of hydrogen-bond donors (Lipinski definition) is 1.